The third-order valence-corrected chi connectivity index (χ3v) is 6.60. The van der Waals surface area contributed by atoms with E-state index in [-0.39, 0.29) is 18.0 Å². The normalized spacial score (nSPS) is 13.7. The molecule has 3 heterocycles. The summed E-state index contributed by atoms with van der Waals surface area (Å²) in [6.07, 6.45) is 3.69. The van der Waals surface area contributed by atoms with Crippen LogP contribution >= 0.6 is 22.7 Å². The van der Waals surface area contributed by atoms with E-state index in [1.54, 1.807) is 0 Å². The van der Waals surface area contributed by atoms with Crippen LogP contribution in [0.1, 0.15) is 23.8 Å². The average Bonchev–Trinajstić information content (AvgIpc) is 3.29. The number of anilines is 1. The fraction of sp³-hybridized carbons (Fsp3) is 0.211. The summed E-state index contributed by atoms with van der Waals surface area (Å²) in [4.78, 5) is 31.1. The number of aromatic nitrogens is 4. The first-order valence-corrected chi connectivity index (χ1v) is 10.5. The molecule has 28 heavy (non-hydrogen) atoms. The van der Waals surface area contributed by atoms with Crippen molar-refractivity contribution in [2.24, 2.45) is 0 Å². The molecule has 1 amide bonds. The van der Waals surface area contributed by atoms with Crippen LogP contribution in [0.4, 0.5) is 5.13 Å². The van der Waals surface area contributed by atoms with Crippen LogP contribution in [0.15, 0.2) is 47.5 Å². The van der Waals surface area contributed by atoms with Gasteiger partial charge in [0.05, 0.1) is 11.7 Å². The Balaban J connectivity index is 1.37. The maximum Gasteiger partial charge on any atom is 0.262 e. The van der Waals surface area contributed by atoms with Crippen molar-refractivity contribution in [1.82, 2.24) is 19.7 Å². The molecule has 9 heteroatoms. The first-order chi connectivity index (χ1) is 13.7. The second kappa shape index (κ2) is 6.92. The second-order valence-corrected chi connectivity index (χ2v) is 8.68. The maximum atomic E-state index is 12.8. The molecule has 0 unspecified atom stereocenters. The van der Waals surface area contributed by atoms with Crippen LogP contribution in [0.5, 0.6) is 0 Å². The van der Waals surface area contributed by atoms with Crippen LogP contribution in [-0.2, 0) is 11.3 Å². The highest BCUT2D eigenvalue weighted by Gasteiger charge is 2.27. The molecule has 0 bridgehead atoms. The Kier molecular flexibility index (Phi) is 4.25. The van der Waals surface area contributed by atoms with E-state index in [1.807, 2.05) is 36.4 Å². The maximum absolute atomic E-state index is 12.8. The van der Waals surface area contributed by atoms with Crippen molar-refractivity contribution in [2.45, 2.75) is 25.3 Å². The van der Waals surface area contributed by atoms with Crippen LogP contribution in [0, 0.1) is 0 Å². The minimum Gasteiger partial charge on any atom is -0.299 e. The largest absolute Gasteiger partial charge is 0.299 e. The van der Waals surface area contributed by atoms with Crippen LogP contribution in [-0.4, -0.2) is 25.7 Å². The van der Waals surface area contributed by atoms with Crippen molar-refractivity contribution < 1.29 is 4.79 Å². The van der Waals surface area contributed by atoms with Gasteiger partial charge in [0.1, 0.15) is 16.4 Å². The molecule has 1 fully saturated rings. The molecule has 0 saturated heterocycles. The van der Waals surface area contributed by atoms with Gasteiger partial charge in [0.25, 0.3) is 5.56 Å². The first kappa shape index (κ1) is 17.2. The minimum atomic E-state index is -0.319. The number of hydrogen-bond acceptors (Lipinski definition) is 7. The molecule has 5 rings (SSSR count). The summed E-state index contributed by atoms with van der Waals surface area (Å²) >= 11 is 2.86. The molecule has 7 nitrogen and oxygen atoms in total. The lowest BCUT2D eigenvalue weighted by molar-refractivity contribution is -0.116. The Morgan fingerprint density at radius 2 is 2.00 bits per heavy atom. The number of amides is 1. The molecule has 0 spiro atoms. The van der Waals surface area contributed by atoms with Gasteiger partial charge in [0.15, 0.2) is 0 Å². The van der Waals surface area contributed by atoms with Crippen molar-refractivity contribution in [2.75, 3.05) is 5.32 Å². The molecular weight excluding hydrogens is 394 g/mol. The molecule has 0 atom stereocenters. The van der Waals surface area contributed by atoms with E-state index in [0.717, 1.165) is 28.3 Å². The van der Waals surface area contributed by atoms with Gasteiger partial charge in [0, 0.05) is 10.8 Å². The van der Waals surface area contributed by atoms with Gasteiger partial charge in [-0.3, -0.25) is 19.5 Å². The predicted octanol–water partition coefficient (Wildman–Crippen LogP) is 3.49. The quantitative estimate of drug-likeness (QED) is 0.545. The topological polar surface area (TPSA) is 89.8 Å². The highest BCUT2D eigenvalue weighted by atomic mass is 32.1. The Labute approximate surface area is 167 Å². The second-order valence-electron chi connectivity index (χ2n) is 6.64. The Hall–Kier alpha value is -2.91. The smallest absolute Gasteiger partial charge is 0.262 e. The number of nitrogens with zero attached hydrogens (tertiary/aromatic N) is 4. The lowest BCUT2D eigenvalue weighted by atomic mass is 10.2. The van der Waals surface area contributed by atoms with Gasteiger partial charge in [-0.15, -0.1) is 21.5 Å². The van der Waals surface area contributed by atoms with E-state index >= 15 is 0 Å². The SMILES string of the molecule is O=C(Cn1cnc2sc(-c3ccccc3)cc2c1=O)Nc1nnc(C2CC2)s1. The number of thiophene rings is 1. The fourth-order valence-electron chi connectivity index (χ4n) is 2.91. The van der Waals surface area contributed by atoms with Gasteiger partial charge in [-0.1, -0.05) is 41.7 Å². The summed E-state index contributed by atoms with van der Waals surface area (Å²) in [5, 5.41) is 12.8. The van der Waals surface area contributed by atoms with Crippen molar-refractivity contribution in [3.8, 4) is 10.4 Å². The predicted molar refractivity (Wildman–Crippen MR) is 110 cm³/mol. The molecule has 3 aromatic heterocycles. The summed E-state index contributed by atoms with van der Waals surface area (Å²) in [7, 11) is 0. The number of benzene rings is 1. The number of rotatable bonds is 5. The number of fused-ring (bicyclic) bond motifs is 1. The standard InChI is InChI=1S/C19H15N5O2S2/c25-15(21-19-23-22-16(28-19)12-6-7-12)9-24-10-20-17-13(18(24)26)8-14(27-17)11-4-2-1-3-5-11/h1-5,8,10,12H,6-7,9H2,(H,21,23,25). The number of nitrogens with one attached hydrogen (secondary N) is 1. The first-order valence-electron chi connectivity index (χ1n) is 8.85. The van der Waals surface area contributed by atoms with E-state index in [4.69, 9.17) is 0 Å². The van der Waals surface area contributed by atoms with Crippen molar-refractivity contribution in [3.05, 3.63) is 58.1 Å². The molecule has 0 aliphatic heterocycles. The minimum absolute atomic E-state index is 0.114. The molecule has 0 radical (unpaired) electrons. The molecule has 1 aromatic carbocycles. The van der Waals surface area contributed by atoms with E-state index in [1.165, 1.54) is 33.6 Å². The monoisotopic (exact) mass is 409 g/mol. The van der Waals surface area contributed by atoms with Crippen LogP contribution < -0.4 is 10.9 Å². The van der Waals surface area contributed by atoms with Crippen LogP contribution in [0.2, 0.25) is 0 Å². The summed E-state index contributed by atoms with van der Waals surface area (Å²) in [5.41, 5.74) is 0.812. The van der Waals surface area contributed by atoms with Crippen LogP contribution in [0.3, 0.4) is 0 Å². The van der Waals surface area contributed by atoms with Crippen molar-refractivity contribution in [1.29, 1.82) is 0 Å². The molecular formula is C19H15N5O2S2. The number of carbonyl (C=O) groups is 1. The van der Waals surface area contributed by atoms with Crippen LogP contribution in [0.25, 0.3) is 20.7 Å². The summed E-state index contributed by atoms with van der Waals surface area (Å²) < 4.78 is 1.32. The molecule has 1 saturated carbocycles. The Morgan fingerprint density at radius 3 is 2.79 bits per heavy atom. The third kappa shape index (κ3) is 3.34. The van der Waals surface area contributed by atoms with Crippen molar-refractivity contribution >= 4 is 43.9 Å². The molecule has 1 aliphatic rings. The van der Waals surface area contributed by atoms with Gasteiger partial charge in [-0.2, -0.15) is 0 Å². The summed E-state index contributed by atoms with van der Waals surface area (Å²) in [6, 6.07) is 11.7. The van der Waals surface area contributed by atoms with E-state index in [2.05, 4.69) is 20.5 Å². The van der Waals surface area contributed by atoms with Gasteiger partial charge >= 0.3 is 0 Å². The van der Waals surface area contributed by atoms with E-state index < -0.39 is 0 Å². The number of carbonyl (C=O) groups excluding carboxylic acids is 1. The van der Waals surface area contributed by atoms with E-state index in [0.29, 0.717) is 21.3 Å². The molecule has 4 aromatic rings. The zero-order chi connectivity index (χ0) is 19.1. The summed E-state index contributed by atoms with van der Waals surface area (Å²) in [6.45, 7) is -0.114. The zero-order valence-electron chi connectivity index (χ0n) is 14.7. The van der Waals surface area contributed by atoms with E-state index in [9.17, 15) is 9.59 Å². The highest BCUT2D eigenvalue weighted by Crippen LogP contribution is 2.42. The lowest BCUT2D eigenvalue weighted by Gasteiger charge is -2.04. The lowest BCUT2D eigenvalue weighted by Crippen LogP contribution is -2.27. The Morgan fingerprint density at radius 1 is 1.18 bits per heavy atom. The van der Waals surface area contributed by atoms with Gasteiger partial charge in [-0.25, -0.2) is 4.98 Å². The van der Waals surface area contributed by atoms with Gasteiger partial charge in [-0.05, 0) is 24.5 Å². The molecule has 140 valence electrons. The molecule has 1 N–H and O–H groups in total. The van der Waals surface area contributed by atoms with Gasteiger partial charge < -0.3 is 0 Å². The average molecular weight is 409 g/mol. The van der Waals surface area contributed by atoms with Crippen molar-refractivity contribution in [3.63, 3.8) is 0 Å². The summed E-state index contributed by atoms with van der Waals surface area (Å²) in [5.74, 6) is 0.176. The fourth-order valence-corrected chi connectivity index (χ4v) is 4.83. The highest BCUT2D eigenvalue weighted by molar-refractivity contribution is 7.21. The van der Waals surface area contributed by atoms with Gasteiger partial charge in [0.2, 0.25) is 11.0 Å². The third-order valence-electron chi connectivity index (χ3n) is 4.50. The zero-order valence-corrected chi connectivity index (χ0v) is 16.3. The Bertz CT molecular complexity index is 1220. The number of hydrogen-bond donors (Lipinski definition) is 1. The molecule has 1 aliphatic carbocycles.